The number of aliphatic carboxylic acids is 1. The third-order valence-electron chi connectivity index (χ3n) is 3.60. The Balaban J connectivity index is 2.53. The van der Waals surface area contributed by atoms with Crippen molar-refractivity contribution >= 4 is 17.7 Å². The van der Waals surface area contributed by atoms with Crippen LogP contribution in [0.15, 0.2) is 35.4 Å². The zero-order valence-electron chi connectivity index (χ0n) is 14.0. The van der Waals surface area contributed by atoms with Crippen molar-refractivity contribution in [2.45, 2.75) is 51.1 Å². The summed E-state index contributed by atoms with van der Waals surface area (Å²) in [6, 6.07) is 10.1. The first-order valence-electron chi connectivity index (χ1n) is 8.05. The van der Waals surface area contributed by atoms with E-state index in [0.717, 1.165) is 41.5 Å². The van der Waals surface area contributed by atoms with E-state index in [1.165, 1.54) is 11.8 Å². The predicted octanol–water partition coefficient (Wildman–Crippen LogP) is 4.65. The van der Waals surface area contributed by atoms with E-state index in [1.807, 2.05) is 18.2 Å². The SMILES string of the molecule is CCCCn1c(C(C)C)nc(SCC(=O)O)c1-c1ccccc1. The van der Waals surface area contributed by atoms with E-state index >= 15 is 0 Å². The topological polar surface area (TPSA) is 55.1 Å². The molecule has 0 atom stereocenters. The van der Waals surface area contributed by atoms with E-state index in [0.29, 0.717) is 5.92 Å². The highest BCUT2D eigenvalue weighted by Crippen LogP contribution is 2.34. The van der Waals surface area contributed by atoms with Gasteiger partial charge >= 0.3 is 5.97 Å². The molecule has 1 aromatic carbocycles. The minimum atomic E-state index is -0.816. The third-order valence-corrected chi connectivity index (χ3v) is 4.55. The van der Waals surface area contributed by atoms with Gasteiger partial charge in [-0.2, -0.15) is 0 Å². The van der Waals surface area contributed by atoms with Crippen LogP contribution in [0, 0.1) is 0 Å². The van der Waals surface area contributed by atoms with Gasteiger partial charge in [-0.25, -0.2) is 4.98 Å². The number of benzene rings is 1. The Kier molecular flexibility index (Phi) is 6.28. The fraction of sp³-hybridized carbons (Fsp3) is 0.444. The maximum absolute atomic E-state index is 11.0. The molecule has 0 bridgehead atoms. The quantitative estimate of drug-likeness (QED) is 0.715. The van der Waals surface area contributed by atoms with Crippen LogP contribution in [0.3, 0.4) is 0 Å². The van der Waals surface area contributed by atoms with Crippen LogP contribution in [0.2, 0.25) is 0 Å². The summed E-state index contributed by atoms with van der Waals surface area (Å²) in [5, 5.41) is 9.83. The molecule has 4 nitrogen and oxygen atoms in total. The van der Waals surface area contributed by atoms with Crippen molar-refractivity contribution in [3.8, 4) is 11.3 Å². The first kappa shape index (κ1) is 17.6. The molecule has 0 saturated heterocycles. The van der Waals surface area contributed by atoms with E-state index in [9.17, 15) is 4.79 Å². The second kappa shape index (κ2) is 8.20. The Hall–Kier alpha value is -1.75. The highest BCUT2D eigenvalue weighted by atomic mass is 32.2. The lowest BCUT2D eigenvalue weighted by atomic mass is 10.1. The molecule has 0 fully saturated rings. The number of carboxylic acid groups (broad SMARTS) is 1. The molecular weight excluding hydrogens is 308 g/mol. The van der Waals surface area contributed by atoms with Gasteiger partial charge in [0, 0.05) is 18.0 Å². The number of imidazole rings is 1. The predicted molar refractivity (Wildman–Crippen MR) is 95.0 cm³/mol. The van der Waals surface area contributed by atoms with Gasteiger partial charge in [-0.15, -0.1) is 0 Å². The molecule has 1 heterocycles. The molecule has 5 heteroatoms. The largest absolute Gasteiger partial charge is 0.481 e. The summed E-state index contributed by atoms with van der Waals surface area (Å²) < 4.78 is 2.27. The van der Waals surface area contributed by atoms with Crippen LogP contribution in [0.4, 0.5) is 0 Å². The van der Waals surface area contributed by atoms with Crippen LogP contribution in [0.25, 0.3) is 11.3 Å². The van der Waals surface area contributed by atoms with Gasteiger partial charge in [0.05, 0.1) is 11.4 Å². The Morgan fingerprint density at radius 3 is 2.57 bits per heavy atom. The Labute approximate surface area is 141 Å². The Morgan fingerprint density at radius 2 is 2.00 bits per heavy atom. The minimum Gasteiger partial charge on any atom is -0.481 e. The van der Waals surface area contributed by atoms with Crippen LogP contribution in [-0.4, -0.2) is 26.4 Å². The number of carboxylic acids is 1. The summed E-state index contributed by atoms with van der Waals surface area (Å²) in [6.07, 6.45) is 2.19. The average Bonchev–Trinajstić information content (AvgIpc) is 2.90. The second-order valence-corrected chi connectivity index (χ2v) is 6.80. The minimum absolute atomic E-state index is 0.0299. The number of hydrogen-bond donors (Lipinski definition) is 1. The van der Waals surface area contributed by atoms with Gasteiger partial charge in [0.1, 0.15) is 10.9 Å². The number of thioether (sulfide) groups is 1. The van der Waals surface area contributed by atoms with Crippen molar-refractivity contribution in [3.05, 3.63) is 36.2 Å². The summed E-state index contributed by atoms with van der Waals surface area (Å²) in [6.45, 7) is 7.35. The number of rotatable bonds is 8. The molecule has 0 radical (unpaired) electrons. The monoisotopic (exact) mass is 332 g/mol. The molecule has 0 unspecified atom stereocenters. The zero-order chi connectivity index (χ0) is 16.8. The number of nitrogens with zero attached hydrogens (tertiary/aromatic N) is 2. The molecule has 0 aliphatic carbocycles. The van der Waals surface area contributed by atoms with E-state index in [4.69, 9.17) is 10.1 Å². The van der Waals surface area contributed by atoms with Crippen LogP contribution >= 0.6 is 11.8 Å². The second-order valence-electron chi connectivity index (χ2n) is 5.83. The lowest BCUT2D eigenvalue weighted by Gasteiger charge is -2.14. The van der Waals surface area contributed by atoms with Crippen molar-refractivity contribution in [2.24, 2.45) is 0 Å². The molecule has 0 spiro atoms. The lowest BCUT2D eigenvalue weighted by molar-refractivity contribution is -0.133. The van der Waals surface area contributed by atoms with Gasteiger partial charge in [0.15, 0.2) is 0 Å². The highest BCUT2D eigenvalue weighted by molar-refractivity contribution is 8.00. The molecule has 1 aromatic heterocycles. The Bertz CT molecular complexity index is 651. The van der Waals surface area contributed by atoms with E-state index in [1.54, 1.807) is 0 Å². The fourth-order valence-corrected chi connectivity index (χ4v) is 3.32. The molecule has 0 aliphatic heterocycles. The van der Waals surface area contributed by atoms with Crippen molar-refractivity contribution in [1.82, 2.24) is 9.55 Å². The normalized spacial score (nSPS) is 11.1. The van der Waals surface area contributed by atoms with Gasteiger partial charge in [0.2, 0.25) is 0 Å². The highest BCUT2D eigenvalue weighted by Gasteiger charge is 2.21. The van der Waals surface area contributed by atoms with E-state index in [-0.39, 0.29) is 5.75 Å². The molecular formula is C18H24N2O2S. The van der Waals surface area contributed by atoms with E-state index < -0.39 is 5.97 Å². The fourth-order valence-electron chi connectivity index (χ4n) is 2.54. The molecule has 0 aliphatic rings. The first-order chi connectivity index (χ1) is 11.0. The maximum atomic E-state index is 11.0. The Morgan fingerprint density at radius 1 is 1.30 bits per heavy atom. The first-order valence-corrected chi connectivity index (χ1v) is 9.03. The van der Waals surface area contributed by atoms with E-state index in [2.05, 4.69) is 37.5 Å². The molecule has 23 heavy (non-hydrogen) atoms. The number of carbonyl (C=O) groups is 1. The molecule has 2 aromatic rings. The van der Waals surface area contributed by atoms with Crippen molar-refractivity contribution in [2.75, 3.05) is 5.75 Å². The molecule has 2 rings (SSSR count). The number of unbranched alkanes of at least 4 members (excludes halogenated alkanes) is 1. The zero-order valence-corrected chi connectivity index (χ0v) is 14.8. The average molecular weight is 332 g/mol. The smallest absolute Gasteiger partial charge is 0.313 e. The maximum Gasteiger partial charge on any atom is 0.313 e. The number of hydrogen-bond acceptors (Lipinski definition) is 3. The summed E-state index contributed by atoms with van der Waals surface area (Å²) >= 11 is 1.30. The summed E-state index contributed by atoms with van der Waals surface area (Å²) in [5.41, 5.74) is 2.14. The molecule has 124 valence electrons. The summed E-state index contributed by atoms with van der Waals surface area (Å²) in [7, 11) is 0. The van der Waals surface area contributed by atoms with Crippen LogP contribution < -0.4 is 0 Å². The standard InChI is InChI=1S/C18H24N2O2S/c1-4-5-11-20-16(14-9-7-6-8-10-14)18(23-12-15(21)22)19-17(20)13(2)3/h6-10,13H,4-5,11-12H2,1-3H3,(H,21,22). The van der Waals surface area contributed by atoms with Gasteiger partial charge < -0.3 is 9.67 Å². The molecule has 1 N–H and O–H groups in total. The van der Waals surface area contributed by atoms with Crippen LogP contribution in [0.1, 0.15) is 45.4 Å². The molecule has 0 amide bonds. The van der Waals surface area contributed by atoms with Crippen molar-refractivity contribution in [3.63, 3.8) is 0 Å². The van der Waals surface area contributed by atoms with Gasteiger partial charge in [-0.3, -0.25) is 4.79 Å². The van der Waals surface area contributed by atoms with Gasteiger partial charge in [0.25, 0.3) is 0 Å². The number of aromatic nitrogens is 2. The molecule has 0 saturated carbocycles. The van der Waals surface area contributed by atoms with Crippen LogP contribution in [0.5, 0.6) is 0 Å². The van der Waals surface area contributed by atoms with Crippen molar-refractivity contribution < 1.29 is 9.90 Å². The van der Waals surface area contributed by atoms with Gasteiger partial charge in [-0.1, -0.05) is 69.3 Å². The summed E-state index contributed by atoms with van der Waals surface area (Å²) in [4.78, 5) is 15.7. The van der Waals surface area contributed by atoms with Crippen molar-refractivity contribution in [1.29, 1.82) is 0 Å². The summed E-state index contributed by atoms with van der Waals surface area (Å²) in [5.74, 6) is 0.546. The third kappa shape index (κ3) is 4.38. The lowest BCUT2D eigenvalue weighted by Crippen LogP contribution is -2.07. The van der Waals surface area contributed by atoms with Gasteiger partial charge in [-0.05, 0) is 6.42 Å². The van der Waals surface area contributed by atoms with Crippen LogP contribution in [-0.2, 0) is 11.3 Å².